The molecule has 2 aromatic carbocycles. The van der Waals surface area contributed by atoms with Gasteiger partial charge in [0.05, 0.1) is 5.02 Å². The van der Waals surface area contributed by atoms with Crippen LogP contribution >= 0.6 is 11.6 Å². The van der Waals surface area contributed by atoms with E-state index in [1.54, 1.807) is 0 Å². The molecule has 1 aliphatic rings. The van der Waals surface area contributed by atoms with Gasteiger partial charge < -0.3 is 9.64 Å². The number of piperidine rings is 1. The van der Waals surface area contributed by atoms with Crippen molar-refractivity contribution < 1.29 is 9.53 Å². The van der Waals surface area contributed by atoms with Crippen LogP contribution in [0.15, 0.2) is 54.6 Å². The Kier molecular flexibility index (Phi) is 6.53. The topological polar surface area (TPSA) is 32.8 Å². The second kappa shape index (κ2) is 9.06. The Hall–Kier alpha value is -2.04. The Balaban J connectivity index is 1.43. The third-order valence-corrected chi connectivity index (χ3v) is 5.25. The number of para-hydroxylation sites is 1. The molecule has 1 heterocycles. The Bertz CT molecular complexity index is 715. The van der Waals surface area contributed by atoms with Gasteiger partial charge in [-0.15, -0.1) is 0 Å². The van der Waals surface area contributed by atoms with Crippen LogP contribution in [0.2, 0.25) is 5.02 Å². The molecule has 1 amide bonds. The molecule has 138 valence electrons. The van der Waals surface area contributed by atoms with E-state index in [1.165, 1.54) is 0 Å². The van der Waals surface area contributed by atoms with Crippen LogP contribution in [0, 0.1) is 0 Å². The molecular formula is C21H25ClN2O2. The van der Waals surface area contributed by atoms with Gasteiger partial charge in [-0.2, -0.15) is 0 Å². The van der Waals surface area contributed by atoms with E-state index in [-0.39, 0.29) is 5.91 Å². The van der Waals surface area contributed by atoms with Crippen molar-refractivity contribution in [3.63, 3.8) is 0 Å². The maximum Gasteiger partial charge on any atom is 0.253 e. The Morgan fingerprint density at radius 1 is 1.12 bits per heavy atom. The molecule has 0 saturated carbocycles. The highest BCUT2D eigenvalue weighted by Crippen LogP contribution is 2.23. The zero-order valence-corrected chi connectivity index (χ0v) is 15.9. The highest BCUT2D eigenvalue weighted by atomic mass is 35.5. The molecule has 0 atom stereocenters. The predicted molar refractivity (Wildman–Crippen MR) is 105 cm³/mol. The maximum atomic E-state index is 12.5. The number of rotatable bonds is 6. The van der Waals surface area contributed by atoms with Gasteiger partial charge in [0.2, 0.25) is 0 Å². The second-order valence-corrected chi connectivity index (χ2v) is 7.06. The summed E-state index contributed by atoms with van der Waals surface area (Å²) in [5.74, 6) is 0.861. The van der Waals surface area contributed by atoms with Gasteiger partial charge in [-0.25, -0.2) is 0 Å². The minimum atomic E-state index is 0.133. The third-order valence-electron chi connectivity index (χ3n) is 4.93. The molecule has 3 rings (SSSR count). The average Bonchev–Trinajstić information content (AvgIpc) is 2.69. The lowest BCUT2D eigenvalue weighted by molar-refractivity contribution is 0.0633. The molecule has 26 heavy (non-hydrogen) atoms. The number of carbonyl (C=O) groups is 1. The number of hydrogen-bond donors (Lipinski definition) is 0. The lowest BCUT2D eigenvalue weighted by Crippen LogP contribution is -2.46. The molecule has 1 aliphatic heterocycles. The van der Waals surface area contributed by atoms with Gasteiger partial charge in [-0.3, -0.25) is 9.69 Å². The first-order valence-corrected chi connectivity index (χ1v) is 9.45. The number of carbonyl (C=O) groups excluding carboxylic acids is 1. The number of nitrogens with zero attached hydrogens (tertiary/aromatic N) is 2. The number of amides is 1. The molecule has 0 aromatic heterocycles. The summed E-state index contributed by atoms with van der Waals surface area (Å²) in [6, 6.07) is 17.5. The van der Waals surface area contributed by atoms with Crippen LogP contribution in [0.4, 0.5) is 0 Å². The standard InChI is InChI=1S/C21H25ClN2O2/c1-23(15-16-26-20-10-6-5-9-19(20)22)18-11-13-24(14-12-18)21(25)17-7-3-2-4-8-17/h2-10,18H,11-16H2,1H3. The van der Waals surface area contributed by atoms with Crippen LogP contribution in [0.1, 0.15) is 23.2 Å². The predicted octanol–water partition coefficient (Wildman–Crippen LogP) is 3.96. The van der Waals surface area contributed by atoms with E-state index in [2.05, 4.69) is 11.9 Å². The summed E-state index contributed by atoms with van der Waals surface area (Å²) in [6.45, 7) is 3.04. The van der Waals surface area contributed by atoms with E-state index in [0.29, 0.717) is 17.7 Å². The van der Waals surface area contributed by atoms with E-state index in [1.807, 2.05) is 59.5 Å². The van der Waals surface area contributed by atoms with E-state index in [4.69, 9.17) is 16.3 Å². The molecule has 4 nitrogen and oxygen atoms in total. The summed E-state index contributed by atoms with van der Waals surface area (Å²) in [5.41, 5.74) is 0.771. The third kappa shape index (κ3) is 4.77. The first-order chi connectivity index (χ1) is 12.6. The van der Waals surface area contributed by atoms with Gasteiger partial charge >= 0.3 is 0 Å². The molecule has 1 fully saturated rings. The van der Waals surface area contributed by atoms with Crippen LogP contribution < -0.4 is 4.74 Å². The fourth-order valence-corrected chi connectivity index (χ4v) is 3.51. The number of ether oxygens (including phenoxy) is 1. The van der Waals surface area contributed by atoms with Crippen molar-refractivity contribution in [2.45, 2.75) is 18.9 Å². The number of hydrogen-bond acceptors (Lipinski definition) is 3. The lowest BCUT2D eigenvalue weighted by atomic mass is 10.0. The number of benzene rings is 2. The molecular weight excluding hydrogens is 348 g/mol. The van der Waals surface area contributed by atoms with E-state index >= 15 is 0 Å². The smallest absolute Gasteiger partial charge is 0.253 e. The lowest BCUT2D eigenvalue weighted by Gasteiger charge is -2.36. The highest BCUT2D eigenvalue weighted by Gasteiger charge is 2.25. The van der Waals surface area contributed by atoms with Gasteiger partial charge in [-0.05, 0) is 44.2 Å². The Morgan fingerprint density at radius 3 is 2.46 bits per heavy atom. The minimum Gasteiger partial charge on any atom is -0.491 e. The molecule has 0 N–H and O–H groups in total. The van der Waals surface area contributed by atoms with Crippen LogP contribution in [0.25, 0.3) is 0 Å². The van der Waals surface area contributed by atoms with Crippen molar-refractivity contribution in [2.75, 3.05) is 33.3 Å². The molecule has 5 heteroatoms. The van der Waals surface area contributed by atoms with Gasteiger partial charge in [0.15, 0.2) is 0 Å². The molecule has 0 radical (unpaired) electrons. The minimum absolute atomic E-state index is 0.133. The van der Waals surface area contributed by atoms with Crippen molar-refractivity contribution in [3.05, 3.63) is 65.2 Å². The molecule has 1 saturated heterocycles. The molecule has 0 aliphatic carbocycles. The van der Waals surface area contributed by atoms with Crippen molar-refractivity contribution in [1.82, 2.24) is 9.80 Å². The van der Waals surface area contributed by atoms with Gasteiger partial charge in [0.1, 0.15) is 12.4 Å². The van der Waals surface area contributed by atoms with Crippen LogP contribution in [0.5, 0.6) is 5.75 Å². The zero-order valence-electron chi connectivity index (χ0n) is 15.1. The summed E-state index contributed by atoms with van der Waals surface area (Å²) < 4.78 is 5.78. The van der Waals surface area contributed by atoms with Crippen LogP contribution in [-0.2, 0) is 0 Å². The van der Waals surface area contributed by atoms with E-state index < -0.39 is 0 Å². The van der Waals surface area contributed by atoms with Crippen LogP contribution in [0.3, 0.4) is 0 Å². The highest BCUT2D eigenvalue weighted by molar-refractivity contribution is 6.32. The average molecular weight is 373 g/mol. The first-order valence-electron chi connectivity index (χ1n) is 9.07. The summed E-state index contributed by atoms with van der Waals surface area (Å²) >= 11 is 6.11. The number of likely N-dealkylation sites (N-methyl/N-ethyl adjacent to an activating group) is 1. The number of likely N-dealkylation sites (tertiary alicyclic amines) is 1. The zero-order chi connectivity index (χ0) is 18.4. The van der Waals surface area contributed by atoms with Crippen molar-refractivity contribution in [1.29, 1.82) is 0 Å². The normalized spacial score (nSPS) is 15.3. The fourth-order valence-electron chi connectivity index (χ4n) is 3.32. The monoisotopic (exact) mass is 372 g/mol. The van der Waals surface area contributed by atoms with E-state index in [9.17, 15) is 4.79 Å². The van der Waals surface area contributed by atoms with Gasteiger partial charge in [0.25, 0.3) is 5.91 Å². The largest absolute Gasteiger partial charge is 0.491 e. The summed E-state index contributed by atoms with van der Waals surface area (Å²) in [6.07, 6.45) is 1.97. The van der Waals surface area contributed by atoms with Gasteiger partial charge in [0, 0.05) is 31.2 Å². The summed E-state index contributed by atoms with van der Waals surface area (Å²) in [7, 11) is 2.12. The Morgan fingerprint density at radius 2 is 1.77 bits per heavy atom. The second-order valence-electron chi connectivity index (χ2n) is 6.65. The molecule has 0 spiro atoms. The van der Waals surface area contributed by atoms with Crippen molar-refractivity contribution in [3.8, 4) is 5.75 Å². The molecule has 2 aromatic rings. The first kappa shape index (κ1) is 18.7. The molecule has 0 bridgehead atoms. The Labute approximate surface area is 160 Å². The fraction of sp³-hybridized carbons (Fsp3) is 0.381. The SMILES string of the molecule is CN(CCOc1ccccc1Cl)C1CCN(C(=O)c2ccccc2)CC1. The summed E-state index contributed by atoms with van der Waals surface area (Å²) in [4.78, 5) is 16.8. The summed E-state index contributed by atoms with van der Waals surface area (Å²) in [5, 5.41) is 0.642. The van der Waals surface area contributed by atoms with Crippen molar-refractivity contribution in [2.24, 2.45) is 0 Å². The molecule has 0 unspecified atom stereocenters. The quantitative estimate of drug-likeness (QED) is 0.769. The van der Waals surface area contributed by atoms with Gasteiger partial charge in [-0.1, -0.05) is 41.9 Å². The van der Waals surface area contributed by atoms with Crippen LogP contribution in [-0.4, -0.2) is 55.0 Å². The van der Waals surface area contributed by atoms with Crippen molar-refractivity contribution >= 4 is 17.5 Å². The maximum absolute atomic E-state index is 12.5. The number of halogens is 1. The van der Waals surface area contributed by atoms with E-state index in [0.717, 1.165) is 43.8 Å².